The maximum atomic E-state index is 11.8. The highest BCUT2D eigenvalue weighted by atomic mass is 32.2. The van der Waals surface area contributed by atoms with Crippen LogP contribution in [0.1, 0.15) is 20.3 Å². The van der Waals surface area contributed by atoms with Gasteiger partial charge in [-0.15, -0.1) is 0 Å². The van der Waals surface area contributed by atoms with Gasteiger partial charge in [-0.3, -0.25) is 9.79 Å². The molecule has 0 atom stereocenters. The molecule has 0 bridgehead atoms. The van der Waals surface area contributed by atoms with Crippen LogP contribution in [0.4, 0.5) is 0 Å². The molecule has 1 amide bonds. The van der Waals surface area contributed by atoms with Crippen molar-refractivity contribution in [1.29, 1.82) is 0 Å². The third kappa shape index (κ3) is 2.81. The van der Waals surface area contributed by atoms with Gasteiger partial charge in [-0.2, -0.15) is 0 Å². The number of aliphatic hydroxyl groups excluding tert-OH is 1. The maximum Gasteiger partial charge on any atom is 0.226 e. The van der Waals surface area contributed by atoms with Crippen molar-refractivity contribution in [3.05, 3.63) is 11.1 Å². The summed E-state index contributed by atoms with van der Waals surface area (Å²) in [6.45, 7) is 5.20. The van der Waals surface area contributed by atoms with Crippen molar-refractivity contribution in [2.45, 2.75) is 25.8 Å². The fraction of sp³-hybridized carbons (Fsp3) is 0.636. The molecular formula is C11H17N3O2S. The standard InChI is InChI=1S/C11H17N3O2S/c1-11(2,7-15)13-9(16)5-8-6-17-10-12-3-4-14(8)10/h6,15H,3-5,7H2,1-2H3,(H,13,16). The first-order valence-electron chi connectivity index (χ1n) is 5.61. The van der Waals surface area contributed by atoms with E-state index in [0.29, 0.717) is 6.42 Å². The number of amides is 1. The maximum absolute atomic E-state index is 11.8. The number of nitrogens with one attached hydrogen (secondary N) is 1. The van der Waals surface area contributed by atoms with Gasteiger partial charge in [0.15, 0.2) is 5.17 Å². The monoisotopic (exact) mass is 255 g/mol. The first-order valence-corrected chi connectivity index (χ1v) is 6.49. The van der Waals surface area contributed by atoms with Gasteiger partial charge < -0.3 is 15.3 Å². The molecule has 2 aliphatic rings. The van der Waals surface area contributed by atoms with Crippen molar-refractivity contribution >= 4 is 22.8 Å². The number of hydrogen-bond acceptors (Lipinski definition) is 5. The van der Waals surface area contributed by atoms with E-state index >= 15 is 0 Å². The van der Waals surface area contributed by atoms with Gasteiger partial charge in [-0.25, -0.2) is 0 Å². The summed E-state index contributed by atoms with van der Waals surface area (Å²) >= 11 is 1.57. The Morgan fingerprint density at radius 1 is 1.71 bits per heavy atom. The SMILES string of the molecule is CC(C)(CO)NC(=O)CC1=CSC2=NCCN12. The first kappa shape index (κ1) is 12.4. The number of amidine groups is 1. The molecule has 2 rings (SSSR count). The number of hydrogen-bond donors (Lipinski definition) is 2. The zero-order chi connectivity index (χ0) is 12.5. The van der Waals surface area contributed by atoms with Gasteiger partial charge in [-0.1, -0.05) is 11.8 Å². The largest absolute Gasteiger partial charge is 0.394 e. The minimum absolute atomic E-state index is 0.0657. The van der Waals surface area contributed by atoms with Crippen LogP contribution >= 0.6 is 11.8 Å². The fourth-order valence-corrected chi connectivity index (χ4v) is 2.69. The lowest BCUT2D eigenvalue weighted by Crippen LogP contribution is -2.46. The number of aliphatic hydroxyl groups is 1. The Morgan fingerprint density at radius 2 is 2.47 bits per heavy atom. The highest BCUT2D eigenvalue weighted by Gasteiger charge is 2.28. The number of carbonyl (C=O) groups is 1. The quantitative estimate of drug-likeness (QED) is 0.769. The van der Waals surface area contributed by atoms with Crippen LogP contribution in [0.3, 0.4) is 0 Å². The van der Waals surface area contributed by atoms with E-state index in [1.54, 1.807) is 25.6 Å². The molecule has 0 aromatic heterocycles. The van der Waals surface area contributed by atoms with Crippen molar-refractivity contribution in [3.8, 4) is 0 Å². The topological polar surface area (TPSA) is 64.9 Å². The summed E-state index contributed by atoms with van der Waals surface area (Å²) in [5, 5.41) is 14.9. The summed E-state index contributed by atoms with van der Waals surface area (Å²) in [6, 6.07) is 0. The summed E-state index contributed by atoms with van der Waals surface area (Å²) in [7, 11) is 0. The minimum Gasteiger partial charge on any atom is -0.394 e. The Labute approximate surface area is 105 Å². The number of rotatable bonds is 4. The van der Waals surface area contributed by atoms with Gasteiger partial charge in [0, 0.05) is 12.2 Å². The third-order valence-electron chi connectivity index (χ3n) is 2.66. The molecule has 2 aliphatic heterocycles. The van der Waals surface area contributed by atoms with Crippen LogP contribution in [-0.4, -0.2) is 46.3 Å². The zero-order valence-electron chi connectivity index (χ0n) is 10.1. The smallest absolute Gasteiger partial charge is 0.226 e. The fourth-order valence-electron chi connectivity index (χ4n) is 1.74. The van der Waals surface area contributed by atoms with Gasteiger partial charge in [0.25, 0.3) is 0 Å². The highest BCUT2D eigenvalue weighted by molar-refractivity contribution is 8.16. The van der Waals surface area contributed by atoms with Crippen LogP contribution in [0.25, 0.3) is 0 Å². The molecule has 6 heteroatoms. The summed E-state index contributed by atoms with van der Waals surface area (Å²) in [5.41, 5.74) is 0.434. The van der Waals surface area contributed by atoms with E-state index < -0.39 is 5.54 Å². The van der Waals surface area contributed by atoms with Crippen LogP contribution < -0.4 is 5.32 Å². The number of nitrogens with zero attached hydrogens (tertiary/aromatic N) is 2. The molecule has 2 heterocycles. The Hall–Kier alpha value is -1.01. The van der Waals surface area contributed by atoms with Crippen molar-refractivity contribution in [3.63, 3.8) is 0 Å². The van der Waals surface area contributed by atoms with Crippen molar-refractivity contribution in [1.82, 2.24) is 10.2 Å². The van der Waals surface area contributed by atoms with E-state index in [1.165, 1.54) is 0 Å². The predicted octanol–water partition coefficient (Wildman–Crippen LogP) is 0.523. The molecule has 0 saturated carbocycles. The Kier molecular flexibility index (Phi) is 3.44. The second-order valence-electron chi connectivity index (χ2n) is 4.81. The minimum atomic E-state index is -0.564. The van der Waals surface area contributed by atoms with Crippen molar-refractivity contribution in [2.75, 3.05) is 19.7 Å². The van der Waals surface area contributed by atoms with E-state index in [2.05, 4.69) is 15.2 Å². The van der Waals surface area contributed by atoms with Crippen LogP contribution in [-0.2, 0) is 4.79 Å². The summed E-state index contributed by atoms with van der Waals surface area (Å²) in [4.78, 5) is 18.2. The predicted molar refractivity (Wildman–Crippen MR) is 68.6 cm³/mol. The Bertz CT molecular complexity index is 390. The van der Waals surface area contributed by atoms with Gasteiger partial charge in [-0.05, 0) is 19.3 Å². The molecule has 5 nitrogen and oxygen atoms in total. The van der Waals surface area contributed by atoms with Crippen LogP contribution in [0.5, 0.6) is 0 Å². The number of fused-ring (bicyclic) bond motifs is 1. The second kappa shape index (κ2) is 4.70. The Balaban J connectivity index is 1.90. The van der Waals surface area contributed by atoms with Crippen molar-refractivity contribution in [2.24, 2.45) is 4.99 Å². The van der Waals surface area contributed by atoms with Gasteiger partial charge in [0.1, 0.15) is 0 Å². The van der Waals surface area contributed by atoms with E-state index in [4.69, 9.17) is 5.11 Å². The average molecular weight is 255 g/mol. The van der Waals surface area contributed by atoms with Crippen LogP contribution in [0.15, 0.2) is 16.1 Å². The van der Waals surface area contributed by atoms with Crippen LogP contribution in [0.2, 0.25) is 0 Å². The first-order chi connectivity index (χ1) is 8.02. The second-order valence-corrected chi connectivity index (χ2v) is 5.65. The lowest BCUT2D eigenvalue weighted by atomic mass is 10.1. The highest BCUT2D eigenvalue weighted by Crippen LogP contribution is 2.30. The molecule has 0 aromatic carbocycles. The normalized spacial score (nSPS) is 18.9. The number of aliphatic imine (C=N–C) groups is 1. The molecular weight excluding hydrogens is 238 g/mol. The molecule has 2 N–H and O–H groups in total. The van der Waals surface area contributed by atoms with E-state index in [-0.39, 0.29) is 12.5 Å². The summed E-state index contributed by atoms with van der Waals surface area (Å²) < 4.78 is 0. The van der Waals surface area contributed by atoms with Gasteiger partial charge >= 0.3 is 0 Å². The van der Waals surface area contributed by atoms with Crippen LogP contribution in [0, 0.1) is 0 Å². The van der Waals surface area contributed by atoms with Crippen molar-refractivity contribution < 1.29 is 9.90 Å². The molecule has 17 heavy (non-hydrogen) atoms. The number of thioether (sulfide) groups is 1. The molecule has 0 saturated heterocycles. The molecule has 0 aliphatic carbocycles. The van der Waals surface area contributed by atoms with E-state index in [0.717, 1.165) is 24.0 Å². The van der Waals surface area contributed by atoms with E-state index in [1.807, 2.05) is 5.41 Å². The average Bonchev–Trinajstić information content (AvgIpc) is 2.82. The molecule has 0 spiro atoms. The summed E-state index contributed by atoms with van der Waals surface area (Å²) in [6.07, 6.45) is 0.343. The zero-order valence-corrected chi connectivity index (χ0v) is 10.9. The lowest BCUT2D eigenvalue weighted by Gasteiger charge is -2.24. The van der Waals surface area contributed by atoms with E-state index in [9.17, 15) is 4.79 Å². The molecule has 0 radical (unpaired) electrons. The summed E-state index contributed by atoms with van der Waals surface area (Å²) in [5.74, 6) is -0.0657. The number of carbonyl (C=O) groups excluding carboxylic acids is 1. The molecule has 0 unspecified atom stereocenters. The lowest BCUT2D eigenvalue weighted by molar-refractivity contribution is -0.122. The van der Waals surface area contributed by atoms with Gasteiger partial charge in [0.05, 0.1) is 25.1 Å². The third-order valence-corrected chi connectivity index (χ3v) is 3.61. The Morgan fingerprint density at radius 3 is 3.18 bits per heavy atom. The molecule has 0 aromatic rings. The molecule has 94 valence electrons. The molecule has 0 fully saturated rings. The van der Waals surface area contributed by atoms with Gasteiger partial charge in [0.2, 0.25) is 5.91 Å².